The number of aromatic nitrogens is 4. The van der Waals surface area contributed by atoms with E-state index in [0.29, 0.717) is 18.8 Å². The third-order valence-corrected chi connectivity index (χ3v) is 3.96. The monoisotopic (exact) mass is 327 g/mol. The predicted octanol–water partition coefficient (Wildman–Crippen LogP) is 1.18. The lowest BCUT2D eigenvalue weighted by atomic mass is 9.95. The molecule has 2 aromatic rings. The van der Waals surface area contributed by atoms with E-state index in [1.165, 1.54) is 10.7 Å². The molecule has 0 saturated heterocycles. The summed E-state index contributed by atoms with van der Waals surface area (Å²) in [6.07, 6.45) is 1.80. The van der Waals surface area contributed by atoms with Crippen LogP contribution in [0.5, 0.6) is 0 Å². The zero-order valence-electron chi connectivity index (χ0n) is 14.4. The van der Waals surface area contributed by atoms with Gasteiger partial charge in [0.05, 0.1) is 17.9 Å². The van der Waals surface area contributed by atoms with Gasteiger partial charge in [0.25, 0.3) is 5.56 Å². The van der Waals surface area contributed by atoms with Crippen molar-refractivity contribution >= 4 is 5.91 Å². The second-order valence-corrected chi connectivity index (χ2v) is 7.14. The van der Waals surface area contributed by atoms with Gasteiger partial charge in [-0.05, 0) is 13.0 Å². The third kappa shape index (κ3) is 3.20. The average molecular weight is 327 g/mol. The Kier molecular flexibility index (Phi) is 3.95. The van der Waals surface area contributed by atoms with E-state index in [0.717, 1.165) is 17.1 Å². The summed E-state index contributed by atoms with van der Waals surface area (Å²) in [5.74, 6) is 0.623. The van der Waals surface area contributed by atoms with Crippen LogP contribution in [0.4, 0.5) is 0 Å². The molecule has 3 rings (SSSR count). The van der Waals surface area contributed by atoms with Gasteiger partial charge < -0.3 is 4.90 Å². The SMILES string of the molecule is Cc1ccc(=O)n(CC(=O)N2Cc3cnc(C(C)(C)C)nc3C2)n1. The van der Waals surface area contributed by atoms with Crippen molar-refractivity contribution < 1.29 is 4.79 Å². The van der Waals surface area contributed by atoms with E-state index in [1.54, 1.807) is 24.1 Å². The van der Waals surface area contributed by atoms with Gasteiger partial charge in [0, 0.05) is 29.8 Å². The summed E-state index contributed by atoms with van der Waals surface area (Å²) >= 11 is 0. The van der Waals surface area contributed by atoms with Crippen LogP contribution in [-0.4, -0.2) is 30.6 Å². The molecule has 0 saturated carbocycles. The molecule has 126 valence electrons. The molecule has 1 aliphatic heterocycles. The number of carbonyl (C=O) groups is 1. The average Bonchev–Trinajstić information content (AvgIpc) is 2.93. The van der Waals surface area contributed by atoms with Gasteiger partial charge >= 0.3 is 0 Å². The summed E-state index contributed by atoms with van der Waals surface area (Å²) in [7, 11) is 0. The Morgan fingerprint density at radius 3 is 2.71 bits per heavy atom. The first-order valence-corrected chi connectivity index (χ1v) is 7.92. The molecular weight excluding hydrogens is 306 g/mol. The highest BCUT2D eigenvalue weighted by atomic mass is 16.2. The largest absolute Gasteiger partial charge is 0.331 e. The maximum Gasteiger partial charge on any atom is 0.267 e. The van der Waals surface area contributed by atoms with Crippen LogP contribution >= 0.6 is 0 Å². The molecule has 0 spiro atoms. The summed E-state index contributed by atoms with van der Waals surface area (Å²) in [5, 5.41) is 4.11. The third-order valence-electron chi connectivity index (χ3n) is 3.96. The van der Waals surface area contributed by atoms with Crippen molar-refractivity contribution in [2.75, 3.05) is 0 Å². The van der Waals surface area contributed by atoms with Gasteiger partial charge in [-0.15, -0.1) is 0 Å². The van der Waals surface area contributed by atoms with Crippen molar-refractivity contribution in [3.05, 3.63) is 51.5 Å². The number of fused-ring (bicyclic) bond motifs is 1. The van der Waals surface area contributed by atoms with Crippen molar-refractivity contribution in [2.45, 2.75) is 52.7 Å². The van der Waals surface area contributed by atoms with Crippen LogP contribution in [0.15, 0.2) is 23.1 Å². The minimum atomic E-state index is -0.277. The number of aryl methyl sites for hydroxylation is 1. The highest BCUT2D eigenvalue weighted by Crippen LogP contribution is 2.24. The maximum absolute atomic E-state index is 12.5. The van der Waals surface area contributed by atoms with Crippen LogP contribution in [0.25, 0.3) is 0 Å². The number of carbonyl (C=O) groups excluding carboxylic acids is 1. The van der Waals surface area contributed by atoms with Crippen molar-refractivity contribution in [1.29, 1.82) is 0 Å². The second kappa shape index (κ2) is 5.81. The highest BCUT2D eigenvalue weighted by molar-refractivity contribution is 5.76. The van der Waals surface area contributed by atoms with Crippen LogP contribution in [0.2, 0.25) is 0 Å². The molecule has 7 nitrogen and oxygen atoms in total. The fourth-order valence-electron chi connectivity index (χ4n) is 2.58. The molecule has 7 heteroatoms. The molecule has 0 bridgehead atoms. The Bertz CT molecular complexity index is 851. The minimum absolute atomic E-state index is 0.0614. The lowest BCUT2D eigenvalue weighted by molar-refractivity contribution is -0.132. The van der Waals surface area contributed by atoms with E-state index in [-0.39, 0.29) is 23.4 Å². The molecule has 0 atom stereocenters. The minimum Gasteiger partial charge on any atom is -0.331 e. The number of rotatable bonds is 2. The number of hydrogen-bond donors (Lipinski definition) is 0. The Labute approximate surface area is 140 Å². The van der Waals surface area contributed by atoms with Crippen molar-refractivity contribution in [3.63, 3.8) is 0 Å². The van der Waals surface area contributed by atoms with E-state index in [9.17, 15) is 9.59 Å². The van der Waals surface area contributed by atoms with E-state index < -0.39 is 0 Å². The molecule has 0 fully saturated rings. The Balaban J connectivity index is 1.76. The molecule has 0 unspecified atom stereocenters. The van der Waals surface area contributed by atoms with Gasteiger partial charge in [-0.25, -0.2) is 14.6 Å². The highest BCUT2D eigenvalue weighted by Gasteiger charge is 2.27. The molecule has 3 heterocycles. The van der Waals surface area contributed by atoms with E-state index in [4.69, 9.17) is 0 Å². The maximum atomic E-state index is 12.5. The standard InChI is InChI=1S/C17H21N5O2/c1-11-5-6-14(23)22(20-11)10-15(24)21-8-12-7-18-16(17(2,3)4)19-13(12)9-21/h5-7H,8-10H2,1-4H3. The van der Waals surface area contributed by atoms with E-state index in [1.807, 2.05) is 0 Å². The fraction of sp³-hybridized carbons (Fsp3) is 0.471. The molecule has 1 aliphatic rings. The molecule has 0 aliphatic carbocycles. The first-order valence-electron chi connectivity index (χ1n) is 7.92. The number of amides is 1. The smallest absolute Gasteiger partial charge is 0.267 e. The zero-order valence-corrected chi connectivity index (χ0v) is 14.4. The molecule has 0 radical (unpaired) electrons. The first-order chi connectivity index (χ1) is 11.2. The Hall–Kier alpha value is -2.57. The number of hydrogen-bond acceptors (Lipinski definition) is 5. The Morgan fingerprint density at radius 2 is 2.00 bits per heavy atom. The van der Waals surface area contributed by atoms with Gasteiger partial charge in [0.2, 0.25) is 5.91 Å². The first kappa shape index (κ1) is 16.3. The van der Waals surface area contributed by atoms with Crippen molar-refractivity contribution in [2.24, 2.45) is 0 Å². The topological polar surface area (TPSA) is 81.0 Å². The predicted molar refractivity (Wildman–Crippen MR) is 88.2 cm³/mol. The molecule has 0 N–H and O–H groups in total. The van der Waals surface area contributed by atoms with Gasteiger partial charge in [-0.1, -0.05) is 20.8 Å². The van der Waals surface area contributed by atoms with Gasteiger partial charge in [-0.2, -0.15) is 5.10 Å². The summed E-state index contributed by atoms with van der Waals surface area (Å²) < 4.78 is 1.20. The lowest BCUT2D eigenvalue weighted by Crippen LogP contribution is -2.34. The normalized spacial score (nSPS) is 13.9. The number of nitrogens with zero attached hydrogens (tertiary/aromatic N) is 5. The molecule has 1 amide bonds. The quantitative estimate of drug-likeness (QED) is 0.827. The van der Waals surface area contributed by atoms with E-state index >= 15 is 0 Å². The summed E-state index contributed by atoms with van der Waals surface area (Å²) in [4.78, 5) is 35.0. The summed E-state index contributed by atoms with van der Waals surface area (Å²) in [6, 6.07) is 3.06. The summed E-state index contributed by atoms with van der Waals surface area (Å²) in [6.45, 7) is 8.82. The van der Waals surface area contributed by atoms with Crippen LogP contribution in [0.1, 0.15) is 43.5 Å². The molecule has 2 aromatic heterocycles. The lowest BCUT2D eigenvalue weighted by Gasteiger charge is -2.16. The molecule has 0 aromatic carbocycles. The molecule has 24 heavy (non-hydrogen) atoms. The van der Waals surface area contributed by atoms with Crippen LogP contribution in [0.3, 0.4) is 0 Å². The second-order valence-electron chi connectivity index (χ2n) is 7.14. The summed E-state index contributed by atoms with van der Waals surface area (Å²) in [5.41, 5.74) is 2.13. The van der Waals surface area contributed by atoms with E-state index in [2.05, 4.69) is 35.8 Å². The van der Waals surface area contributed by atoms with Crippen molar-refractivity contribution in [1.82, 2.24) is 24.6 Å². The van der Waals surface area contributed by atoms with Crippen molar-refractivity contribution in [3.8, 4) is 0 Å². The molecular formula is C17H21N5O2. The van der Waals surface area contributed by atoms with Crippen LogP contribution < -0.4 is 5.56 Å². The Morgan fingerprint density at radius 1 is 1.25 bits per heavy atom. The fourth-order valence-corrected chi connectivity index (χ4v) is 2.58. The zero-order chi connectivity index (χ0) is 17.5. The van der Waals surface area contributed by atoms with Gasteiger partial charge in [0.1, 0.15) is 12.4 Å². The van der Waals surface area contributed by atoms with Gasteiger partial charge in [-0.3, -0.25) is 9.59 Å². The van der Waals surface area contributed by atoms with Crippen LogP contribution in [-0.2, 0) is 29.8 Å². The van der Waals surface area contributed by atoms with Gasteiger partial charge in [0.15, 0.2) is 0 Å². The van der Waals surface area contributed by atoms with Crippen LogP contribution in [0, 0.1) is 6.92 Å².